The summed E-state index contributed by atoms with van der Waals surface area (Å²) in [4.78, 5) is 0.926. The number of hydrogen-bond donors (Lipinski definition) is 0. The molecule has 0 radical (unpaired) electrons. The van der Waals surface area contributed by atoms with E-state index in [-0.39, 0.29) is 0 Å². The summed E-state index contributed by atoms with van der Waals surface area (Å²) in [5, 5.41) is 5.07. The van der Waals surface area contributed by atoms with E-state index in [9.17, 15) is 14.0 Å². The Balaban J connectivity index is 2.23. The minimum atomic E-state index is -4.36. The van der Waals surface area contributed by atoms with Gasteiger partial charge in [0.1, 0.15) is 14.5 Å². The maximum atomic E-state index is 10.3. The molecular formula is C7H5ClO4S2. The fourth-order valence-corrected chi connectivity index (χ4v) is 3.85. The summed E-state index contributed by atoms with van der Waals surface area (Å²) in [5.74, 6) is 0. The van der Waals surface area contributed by atoms with Crippen LogP contribution >= 0.6 is 22.1 Å². The predicted molar refractivity (Wildman–Crippen MR) is 47.2 cm³/mol. The second-order valence-corrected chi connectivity index (χ2v) is 5.80. The van der Waals surface area contributed by atoms with Crippen LogP contribution in [0.15, 0.2) is 16.9 Å². The maximum Gasteiger partial charge on any atom is 0.140 e. The molecule has 14 heavy (non-hydrogen) atoms. The first-order valence-corrected chi connectivity index (χ1v) is 6.87. The van der Waals surface area contributed by atoms with Gasteiger partial charge in [-0.05, 0) is 23.1 Å². The molecule has 0 saturated heterocycles. The normalized spacial score (nSPS) is 20.4. The Morgan fingerprint density at radius 2 is 2.14 bits per heavy atom. The summed E-state index contributed by atoms with van der Waals surface area (Å²) in [5.41, 5.74) is 1.02. The second kappa shape index (κ2) is 3.74. The third-order valence-electron chi connectivity index (χ3n) is 1.48. The van der Waals surface area contributed by atoms with Gasteiger partial charge >= 0.3 is 0 Å². The Labute approximate surface area is 88.9 Å². The summed E-state index contributed by atoms with van der Waals surface area (Å²) in [6, 6.07) is 1.91. The molecule has 4 nitrogen and oxygen atoms in total. The lowest BCUT2D eigenvalue weighted by molar-refractivity contribution is -1.91. The second-order valence-electron chi connectivity index (χ2n) is 2.43. The maximum absolute atomic E-state index is 10.3. The number of fused-ring (bicyclic) bond motifs is 1. The van der Waals surface area contributed by atoms with Gasteiger partial charge in [0.25, 0.3) is 0 Å². The van der Waals surface area contributed by atoms with Crippen LogP contribution in [-0.2, 0) is 3.74 Å². The number of halogens is 1. The zero-order valence-corrected chi connectivity index (χ0v) is 9.10. The van der Waals surface area contributed by atoms with Crippen LogP contribution in [0.2, 0.25) is 0 Å². The van der Waals surface area contributed by atoms with E-state index in [1.165, 1.54) is 11.3 Å². The largest absolute Gasteiger partial charge is 0.182 e. The highest BCUT2D eigenvalue weighted by atomic mass is 35.7. The highest BCUT2D eigenvalue weighted by molar-refractivity contribution is 8.13. The van der Waals surface area contributed by atoms with Crippen molar-refractivity contribution in [3.63, 3.8) is 0 Å². The lowest BCUT2D eigenvalue weighted by atomic mass is 10.3. The van der Waals surface area contributed by atoms with Crippen molar-refractivity contribution in [2.24, 2.45) is 0 Å². The molecule has 0 bridgehead atoms. The zero-order valence-electron chi connectivity index (χ0n) is 6.71. The number of hydrogen-bond acceptors (Lipinski definition) is 5. The van der Waals surface area contributed by atoms with E-state index in [0.717, 1.165) is 10.4 Å². The molecule has 0 aromatic carbocycles. The highest BCUT2D eigenvalue weighted by Crippen LogP contribution is 2.30. The van der Waals surface area contributed by atoms with Crippen molar-refractivity contribution >= 4 is 33.5 Å². The number of rotatable bonds is 2. The van der Waals surface area contributed by atoms with Crippen LogP contribution in [-0.4, -0.2) is 5.37 Å². The Hall–Kier alpha value is -0.210. The smallest absolute Gasteiger partial charge is 0.140 e. The van der Waals surface area contributed by atoms with Gasteiger partial charge in [0.05, 0.1) is 10.2 Å². The molecule has 2 rings (SSSR count). The van der Waals surface area contributed by atoms with Crippen LogP contribution in [0.4, 0.5) is 0 Å². The van der Waals surface area contributed by atoms with Gasteiger partial charge < -0.3 is 0 Å². The molecule has 1 aliphatic heterocycles. The van der Waals surface area contributed by atoms with Gasteiger partial charge in [-0.15, -0.1) is 11.3 Å². The topological polar surface area (TPSA) is 78.4 Å². The molecule has 0 aliphatic carbocycles. The molecule has 1 unspecified atom stereocenters. The minimum Gasteiger partial charge on any atom is -0.182 e. The monoisotopic (exact) mass is 252 g/mol. The van der Waals surface area contributed by atoms with Crippen LogP contribution in [0.3, 0.4) is 0 Å². The standard InChI is InChI=1S/C7H5ClO4S2/c9-8(10,11)12-14-4-2-6-1-3-13-7(6)5-14/h1-5H. The van der Waals surface area contributed by atoms with Gasteiger partial charge in [0.15, 0.2) is 0 Å². The van der Waals surface area contributed by atoms with Gasteiger partial charge in [-0.25, -0.2) is 0 Å². The lowest BCUT2D eigenvalue weighted by Gasteiger charge is -2.13. The van der Waals surface area contributed by atoms with Crippen molar-refractivity contribution in [3.05, 3.63) is 27.3 Å². The molecule has 0 N–H and O–H groups in total. The molecule has 0 amide bonds. The summed E-state index contributed by atoms with van der Waals surface area (Å²) >= 11 is 1.48. The molecule has 2 heterocycles. The van der Waals surface area contributed by atoms with Crippen molar-refractivity contribution in [2.45, 2.75) is 0 Å². The fraction of sp³-hybridized carbons (Fsp3) is 0. The SMILES string of the molecule is [O-][Cl+3]([O-])([O-])OS1=Cc2sccc2C=C1. The van der Waals surface area contributed by atoms with E-state index in [4.69, 9.17) is 0 Å². The first kappa shape index (κ1) is 10.3. The fourth-order valence-electron chi connectivity index (χ4n) is 0.978. The molecule has 76 valence electrons. The molecule has 7 heteroatoms. The average molecular weight is 253 g/mol. The third-order valence-corrected chi connectivity index (χ3v) is 4.58. The summed E-state index contributed by atoms with van der Waals surface area (Å²) in [6.45, 7) is 0. The van der Waals surface area contributed by atoms with Gasteiger partial charge in [0, 0.05) is 15.7 Å². The zero-order chi connectivity index (χ0) is 10.2. The summed E-state index contributed by atoms with van der Waals surface area (Å²) < 4.78 is 35.2. The van der Waals surface area contributed by atoms with Crippen molar-refractivity contribution in [1.29, 1.82) is 0 Å². The van der Waals surface area contributed by atoms with Gasteiger partial charge in [-0.3, -0.25) is 0 Å². The molecule has 1 aromatic rings. The molecule has 1 aromatic heterocycles. The molecule has 1 aliphatic rings. The van der Waals surface area contributed by atoms with Gasteiger partial charge in [-0.1, -0.05) is 0 Å². The molecule has 0 spiro atoms. The van der Waals surface area contributed by atoms with Crippen LogP contribution in [0, 0.1) is 10.2 Å². The van der Waals surface area contributed by atoms with Crippen molar-refractivity contribution in [1.82, 2.24) is 0 Å². The molecular weight excluding hydrogens is 248 g/mol. The van der Waals surface area contributed by atoms with Crippen molar-refractivity contribution in [2.75, 3.05) is 0 Å². The van der Waals surface area contributed by atoms with E-state index in [1.807, 2.05) is 11.4 Å². The Bertz CT molecular complexity index is 404. The Kier molecular flexibility index (Phi) is 2.76. The summed E-state index contributed by atoms with van der Waals surface area (Å²) in [6.07, 6.45) is 1.75. The third kappa shape index (κ3) is 2.43. The van der Waals surface area contributed by atoms with Crippen molar-refractivity contribution < 1.29 is 28.0 Å². The van der Waals surface area contributed by atoms with E-state index in [1.54, 1.807) is 16.9 Å². The molecule has 1 atom stereocenters. The first-order valence-electron chi connectivity index (χ1n) is 3.48. The first-order chi connectivity index (χ1) is 6.54. The van der Waals surface area contributed by atoms with Gasteiger partial charge in [0.2, 0.25) is 0 Å². The average Bonchev–Trinajstić information content (AvgIpc) is 2.47. The van der Waals surface area contributed by atoms with Crippen molar-refractivity contribution in [3.8, 4) is 0 Å². The van der Waals surface area contributed by atoms with Crippen LogP contribution in [0.5, 0.6) is 0 Å². The Morgan fingerprint density at radius 3 is 2.86 bits per heavy atom. The lowest BCUT2D eigenvalue weighted by Crippen LogP contribution is -2.60. The molecule has 0 fully saturated rings. The van der Waals surface area contributed by atoms with Gasteiger partial charge in [-0.2, -0.15) is 14.0 Å². The molecule has 0 saturated carbocycles. The van der Waals surface area contributed by atoms with E-state index in [2.05, 4.69) is 3.74 Å². The van der Waals surface area contributed by atoms with E-state index >= 15 is 0 Å². The summed E-state index contributed by atoms with van der Waals surface area (Å²) in [7, 11) is -5.42. The van der Waals surface area contributed by atoms with E-state index in [0.29, 0.717) is 0 Å². The van der Waals surface area contributed by atoms with Crippen LogP contribution in [0.1, 0.15) is 10.4 Å². The Morgan fingerprint density at radius 1 is 1.36 bits per heavy atom. The number of thiophene rings is 1. The minimum absolute atomic E-state index is 0.926. The van der Waals surface area contributed by atoms with Crippen LogP contribution < -0.4 is 14.0 Å². The quantitative estimate of drug-likeness (QED) is 0.632. The highest BCUT2D eigenvalue weighted by Gasteiger charge is 2.22. The predicted octanol–water partition coefficient (Wildman–Crippen LogP) is -1.02. The van der Waals surface area contributed by atoms with Crippen LogP contribution in [0.25, 0.3) is 6.08 Å². The van der Waals surface area contributed by atoms with E-state index < -0.39 is 21.0 Å².